The second-order valence-electron chi connectivity index (χ2n) is 4.30. The lowest BCUT2D eigenvalue weighted by molar-refractivity contribution is 0.0902. The van der Waals surface area contributed by atoms with Gasteiger partial charge in [0.05, 0.1) is 12.3 Å². The number of rotatable bonds is 4. The minimum Gasteiger partial charge on any atom is -0.377 e. The van der Waals surface area contributed by atoms with Crippen LogP contribution in [0.1, 0.15) is 19.8 Å². The lowest BCUT2D eigenvalue weighted by Gasteiger charge is -2.19. The fourth-order valence-corrected chi connectivity index (χ4v) is 3.17. The molecule has 1 fully saturated rings. The zero-order chi connectivity index (χ0) is 13.2. The van der Waals surface area contributed by atoms with E-state index in [4.69, 9.17) is 4.74 Å². The van der Waals surface area contributed by atoms with E-state index in [1.165, 1.54) is 0 Å². The number of nitrogens with zero attached hydrogens (tertiary/aromatic N) is 1. The van der Waals surface area contributed by atoms with Crippen LogP contribution >= 0.6 is 0 Å². The molecule has 1 aliphatic rings. The molecule has 5 nitrogen and oxygen atoms in total. The molecule has 100 valence electrons. The predicted molar refractivity (Wildman–Crippen MR) is 63.0 cm³/mol. The Morgan fingerprint density at radius 2 is 2.33 bits per heavy atom. The standard InChI is InChI=1S/C11H15FN2O3S/c1-8(11-3-2-4-17-11)14-18(15,16)10-5-9(12)6-13-7-10/h5-8,11,14H,2-4H2,1H3/t8-,11-/m1/s1. The molecule has 1 N–H and O–H groups in total. The first kappa shape index (κ1) is 13.4. The maximum absolute atomic E-state index is 13.0. The van der Waals surface area contributed by atoms with Crippen molar-refractivity contribution in [3.63, 3.8) is 0 Å². The molecule has 1 saturated heterocycles. The van der Waals surface area contributed by atoms with Crippen molar-refractivity contribution in [3.8, 4) is 0 Å². The van der Waals surface area contributed by atoms with Gasteiger partial charge in [-0.2, -0.15) is 0 Å². The van der Waals surface area contributed by atoms with Gasteiger partial charge in [0.25, 0.3) is 0 Å². The molecule has 0 bridgehead atoms. The van der Waals surface area contributed by atoms with Gasteiger partial charge < -0.3 is 4.74 Å². The van der Waals surface area contributed by atoms with Crippen LogP contribution in [0.5, 0.6) is 0 Å². The van der Waals surface area contributed by atoms with Crippen molar-refractivity contribution >= 4 is 10.0 Å². The highest BCUT2D eigenvalue weighted by atomic mass is 32.2. The van der Waals surface area contributed by atoms with E-state index in [0.29, 0.717) is 6.61 Å². The number of sulfonamides is 1. The first-order valence-corrected chi connectivity index (χ1v) is 7.22. The highest BCUT2D eigenvalue weighted by Crippen LogP contribution is 2.17. The van der Waals surface area contributed by atoms with Gasteiger partial charge >= 0.3 is 0 Å². The largest absolute Gasteiger partial charge is 0.377 e. The molecule has 0 spiro atoms. The van der Waals surface area contributed by atoms with Gasteiger partial charge in [-0.1, -0.05) is 0 Å². The SMILES string of the molecule is C[C@@H](NS(=O)(=O)c1cncc(F)c1)[C@H]1CCCO1. The van der Waals surface area contributed by atoms with E-state index in [1.54, 1.807) is 6.92 Å². The van der Waals surface area contributed by atoms with E-state index in [-0.39, 0.29) is 17.0 Å². The van der Waals surface area contributed by atoms with Crippen LogP contribution in [-0.4, -0.2) is 32.2 Å². The monoisotopic (exact) mass is 274 g/mol. The van der Waals surface area contributed by atoms with Crippen LogP contribution in [0.4, 0.5) is 4.39 Å². The number of ether oxygens (including phenoxy) is 1. The first-order chi connectivity index (χ1) is 8.49. The summed E-state index contributed by atoms with van der Waals surface area (Å²) < 4.78 is 44.8. The molecule has 0 radical (unpaired) electrons. The molecule has 0 saturated carbocycles. The molecule has 18 heavy (non-hydrogen) atoms. The topological polar surface area (TPSA) is 68.3 Å². The molecule has 0 amide bonds. The third-order valence-electron chi connectivity index (χ3n) is 2.85. The molecule has 0 unspecified atom stereocenters. The molecule has 7 heteroatoms. The Hall–Kier alpha value is -1.05. The van der Waals surface area contributed by atoms with Gasteiger partial charge in [-0.3, -0.25) is 4.98 Å². The van der Waals surface area contributed by atoms with Crippen LogP contribution in [0, 0.1) is 5.82 Å². The fraction of sp³-hybridized carbons (Fsp3) is 0.545. The van der Waals surface area contributed by atoms with Crippen LogP contribution in [-0.2, 0) is 14.8 Å². The van der Waals surface area contributed by atoms with E-state index in [0.717, 1.165) is 31.3 Å². The normalized spacial score (nSPS) is 22.0. The molecule has 1 aromatic rings. The quantitative estimate of drug-likeness (QED) is 0.891. The zero-order valence-corrected chi connectivity index (χ0v) is 10.8. The second-order valence-corrected chi connectivity index (χ2v) is 6.01. The van der Waals surface area contributed by atoms with E-state index in [1.807, 2.05) is 0 Å². The number of aromatic nitrogens is 1. The Bertz CT molecular complexity index is 515. The third-order valence-corrected chi connectivity index (χ3v) is 4.38. The van der Waals surface area contributed by atoms with Gasteiger partial charge in [0.2, 0.25) is 10.0 Å². The van der Waals surface area contributed by atoms with Crippen molar-refractivity contribution in [2.75, 3.05) is 6.61 Å². The maximum atomic E-state index is 13.0. The van der Waals surface area contributed by atoms with E-state index < -0.39 is 15.8 Å². The predicted octanol–water partition coefficient (Wildman–Crippen LogP) is 1.07. The van der Waals surface area contributed by atoms with Gasteiger partial charge in [0.1, 0.15) is 10.7 Å². The summed E-state index contributed by atoms with van der Waals surface area (Å²) in [6.07, 6.45) is 3.71. The third kappa shape index (κ3) is 3.04. The van der Waals surface area contributed by atoms with E-state index >= 15 is 0 Å². The van der Waals surface area contributed by atoms with Gasteiger partial charge in [-0.05, 0) is 25.8 Å². The van der Waals surface area contributed by atoms with Crippen molar-refractivity contribution in [2.24, 2.45) is 0 Å². The summed E-state index contributed by atoms with van der Waals surface area (Å²) in [6, 6.07) is 0.596. The molecule has 0 aliphatic carbocycles. The summed E-state index contributed by atoms with van der Waals surface area (Å²) in [5.41, 5.74) is 0. The van der Waals surface area contributed by atoms with Crippen molar-refractivity contribution in [1.29, 1.82) is 0 Å². The van der Waals surface area contributed by atoms with Gasteiger partial charge in [-0.15, -0.1) is 0 Å². The van der Waals surface area contributed by atoms with E-state index in [2.05, 4.69) is 9.71 Å². The average Bonchev–Trinajstić information content (AvgIpc) is 2.82. The molecular weight excluding hydrogens is 259 g/mol. The molecular formula is C11H15FN2O3S. The number of nitrogens with one attached hydrogen (secondary N) is 1. The fourth-order valence-electron chi connectivity index (χ4n) is 1.92. The summed E-state index contributed by atoms with van der Waals surface area (Å²) in [5, 5.41) is 0. The van der Waals surface area contributed by atoms with Gasteiger partial charge in [0.15, 0.2) is 0 Å². The molecule has 1 aromatic heterocycles. The van der Waals surface area contributed by atoms with Crippen molar-refractivity contribution in [3.05, 3.63) is 24.3 Å². The van der Waals surface area contributed by atoms with Crippen molar-refractivity contribution in [2.45, 2.75) is 36.8 Å². The minimum absolute atomic E-state index is 0.124. The maximum Gasteiger partial charge on any atom is 0.242 e. The molecule has 1 aliphatic heterocycles. The lowest BCUT2D eigenvalue weighted by Crippen LogP contribution is -2.40. The number of hydrogen-bond donors (Lipinski definition) is 1. The smallest absolute Gasteiger partial charge is 0.242 e. The number of pyridine rings is 1. The van der Waals surface area contributed by atoms with Crippen LogP contribution in [0.3, 0.4) is 0 Å². The van der Waals surface area contributed by atoms with Crippen molar-refractivity contribution < 1.29 is 17.5 Å². The Morgan fingerprint density at radius 3 is 2.94 bits per heavy atom. The molecule has 2 rings (SSSR count). The van der Waals surface area contributed by atoms with Crippen LogP contribution in [0.25, 0.3) is 0 Å². The summed E-state index contributed by atoms with van der Waals surface area (Å²) in [5.74, 6) is -0.678. The van der Waals surface area contributed by atoms with Crippen LogP contribution in [0.2, 0.25) is 0 Å². The summed E-state index contributed by atoms with van der Waals surface area (Å²) >= 11 is 0. The van der Waals surface area contributed by atoms with Crippen LogP contribution < -0.4 is 4.72 Å². The summed E-state index contributed by atoms with van der Waals surface area (Å²) in [4.78, 5) is 3.36. The zero-order valence-electron chi connectivity index (χ0n) is 9.97. The molecule has 0 aromatic carbocycles. The second kappa shape index (κ2) is 5.29. The average molecular weight is 274 g/mol. The Morgan fingerprint density at radius 1 is 1.56 bits per heavy atom. The first-order valence-electron chi connectivity index (χ1n) is 5.73. The van der Waals surface area contributed by atoms with E-state index in [9.17, 15) is 12.8 Å². The number of halogens is 1. The Balaban J connectivity index is 2.11. The highest BCUT2D eigenvalue weighted by molar-refractivity contribution is 7.89. The lowest BCUT2D eigenvalue weighted by atomic mass is 10.1. The summed E-state index contributed by atoms with van der Waals surface area (Å²) in [6.45, 7) is 2.39. The Labute approximate surface area is 105 Å². The number of hydrogen-bond acceptors (Lipinski definition) is 4. The van der Waals surface area contributed by atoms with Crippen LogP contribution in [0.15, 0.2) is 23.4 Å². The van der Waals surface area contributed by atoms with Crippen molar-refractivity contribution in [1.82, 2.24) is 9.71 Å². The minimum atomic E-state index is -3.75. The highest BCUT2D eigenvalue weighted by Gasteiger charge is 2.27. The van der Waals surface area contributed by atoms with Gasteiger partial charge in [0, 0.05) is 18.8 Å². The molecule has 2 heterocycles. The Kier molecular flexibility index (Phi) is 3.94. The summed E-state index contributed by atoms with van der Waals surface area (Å²) in [7, 11) is -3.75. The van der Waals surface area contributed by atoms with Gasteiger partial charge in [-0.25, -0.2) is 17.5 Å². The molecule has 2 atom stereocenters.